The van der Waals surface area contributed by atoms with Gasteiger partial charge in [0.25, 0.3) is 0 Å². The fourth-order valence-corrected chi connectivity index (χ4v) is 1.87. The van der Waals surface area contributed by atoms with Gasteiger partial charge in [0.2, 0.25) is 5.91 Å². The van der Waals surface area contributed by atoms with Gasteiger partial charge in [-0.3, -0.25) is 4.79 Å². The number of nitrogens with one attached hydrogen (secondary N) is 1. The number of carboxylic acids is 1. The lowest BCUT2D eigenvalue weighted by Crippen LogP contribution is -2.48. The highest BCUT2D eigenvalue weighted by Gasteiger charge is 2.27. The van der Waals surface area contributed by atoms with E-state index in [0.717, 1.165) is 6.42 Å². The molecular weight excluding hydrogens is 268 g/mol. The zero-order chi connectivity index (χ0) is 14.6. The van der Waals surface area contributed by atoms with Crippen LogP contribution in [0.5, 0.6) is 0 Å². The van der Waals surface area contributed by atoms with Crippen molar-refractivity contribution in [3.8, 4) is 0 Å². The van der Waals surface area contributed by atoms with Gasteiger partial charge in [-0.1, -0.05) is 24.9 Å². The average molecular weight is 285 g/mol. The number of carbonyl (C=O) groups excluding carboxylic acids is 1. The normalized spacial score (nSPS) is 13.7. The highest BCUT2D eigenvalue weighted by Crippen LogP contribution is 2.21. The Morgan fingerprint density at radius 1 is 1.47 bits per heavy atom. The highest BCUT2D eigenvalue weighted by atomic mass is 35.5. The summed E-state index contributed by atoms with van der Waals surface area (Å²) in [6.45, 7) is 3.57. The number of carboxylic acid groups (broad SMARTS) is 1. The summed E-state index contributed by atoms with van der Waals surface area (Å²) in [4.78, 5) is 22.9. The monoisotopic (exact) mass is 284 g/mol. The van der Waals surface area contributed by atoms with Crippen molar-refractivity contribution in [2.45, 2.75) is 32.2 Å². The van der Waals surface area contributed by atoms with Crippen LogP contribution in [-0.4, -0.2) is 22.5 Å². The van der Waals surface area contributed by atoms with Crippen molar-refractivity contribution in [3.63, 3.8) is 0 Å². The first-order valence-corrected chi connectivity index (χ1v) is 6.29. The van der Waals surface area contributed by atoms with Gasteiger partial charge in [-0.15, -0.1) is 0 Å². The summed E-state index contributed by atoms with van der Waals surface area (Å²) in [5, 5.41) is 11.7. The third kappa shape index (κ3) is 3.94. The Morgan fingerprint density at radius 2 is 2.11 bits per heavy atom. The Balaban J connectivity index is 2.92. The zero-order valence-corrected chi connectivity index (χ0v) is 11.6. The molecule has 0 radical (unpaired) electrons. The van der Waals surface area contributed by atoms with Gasteiger partial charge in [-0.05, 0) is 31.5 Å². The Bertz CT molecular complexity index is 501. The molecule has 0 saturated carbocycles. The lowest BCUT2D eigenvalue weighted by Gasteiger charge is -2.23. The summed E-state index contributed by atoms with van der Waals surface area (Å²) in [6.07, 6.45) is 1.32. The minimum Gasteiger partial charge on any atom is -0.478 e. The molecule has 5 nitrogen and oxygen atoms in total. The molecule has 0 fully saturated rings. The van der Waals surface area contributed by atoms with Crippen molar-refractivity contribution < 1.29 is 14.7 Å². The van der Waals surface area contributed by atoms with E-state index in [1.54, 1.807) is 6.92 Å². The second-order valence-corrected chi connectivity index (χ2v) is 5.03. The summed E-state index contributed by atoms with van der Waals surface area (Å²) < 4.78 is 0. The summed E-state index contributed by atoms with van der Waals surface area (Å²) in [7, 11) is 0. The van der Waals surface area contributed by atoms with Crippen molar-refractivity contribution in [1.29, 1.82) is 0 Å². The van der Waals surface area contributed by atoms with E-state index in [1.165, 1.54) is 18.2 Å². The van der Waals surface area contributed by atoms with Crippen molar-refractivity contribution in [3.05, 3.63) is 28.8 Å². The molecule has 1 aromatic rings. The Morgan fingerprint density at radius 3 is 2.63 bits per heavy atom. The molecule has 1 unspecified atom stereocenters. The summed E-state index contributed by atoms with van der Waals surface area (Å²) in [6, 6.07) is 4.27. The first kappa shape index (κ1) is 15.5. The number of halogens is 1. The number of aromatic carboxylic acids is 1. The molecule has 4 N–H and O–H groups in total. The van der Waals surface area contributed by atoms with Crippen LogP contribution < -0.4 is 11.1 Å². The maximum atomic E-state index is 12.0. The molecule has 0 aliphatic heterocycles. The van der Waals surface area contributed by atoms with Crippen molar-refractivity contribution >= 4 is 29.2 Å². The van der Waals surface area contributed by atoms with E-state index < -0.39 is 11.5 Å². The molecule has 0 aliphatic rings. The van der Waals surface area contributed by atoms with Gasteiger partial charge in [0.1, 0.15) is 0 Å². The van der Waals surface area contributed by atoms with Gasteiger partial charge < -0.3 is 16.2 Å². The second kappa shape index (κ2) is 6.04. The van der Waals surface area contributed by atoms with Crippen LogP contribution >= 0.6 is 11.6 Å². The van der Waals surface area contributed by atoms with Crippen molar-refractivity contribution in [2.24, 2.45) is 5.73 Å². The van der Waals surface area contributed by atoms with Crippen molar-refractivity contribution in [2.75, 3.05) is 5.32 Å². The van der Waals surface area contributed by atoms with Crippen LogP contribution in [0.4, 0.5) is 5.69 Å². The quantitative estimate of drug-likeness (QED) is 0.774. The summed E-state index contributed by atoms with van der Waals surface area (Å²) in [5.41, 5.74) is 5.20. The molecule has 1 aromatic carbocycles. The molecule has 6 heteroatoms. The molecule has 0 heterocycles. The number of nitrogens with two attached hydrogens (primary N) is 1. The summed E-state index contributed by atoms with van der Waals surface area (Å²) >= 11 is 5.75. The fraction of sp³-hybridized carbons (Fsp3) is 0.385. The number of anilines is 1. The van der Waals surface area contributed by atoms with Crippen LogP contribution in [0.3, 0.4) is 0 Å². The topological polar surface area (TPSA) is 92.4 Å². The Labute approximate surface area is 116 Å². The predicted octanol–water partition coefficient (Wildman–Crippen LogP) is 2.49. The van der Waals surface area contributed by atoms with E-state index in [2.05, 4.69) is 5.32 Å². The van der Waals surface area contributed by atoms with Gasteiger partial charge in [0, 0.05) is 5.69 Å². The van der Waals surface area contributed by atoms with E-state index in [4.69, 9.17) is 22.4 Å². The molecule has 0 bridgehead atoms. The van der Waals surface area contributed by atoms with Gasteiger partial charge >= 0.3 is 5.97 Å². The smallest absolute Gasteiger partial charge is 0.337 e. The van der Waals surface area contributed by atoms with Gasteiger partial charge in [0.15, 0.2) is 0 Å². The van der Waals surface area contributed by atoms with Crippen LogP contribution in [0.15, 0.2) is 18.2 Å². The largest absolute Gasteiger partial charge is 0.478 e. The van der Waals surface area contributed by atoms with Gasteiger partial charge in [-0.25, -0.2) is 4.79 Å². The second-order valence-electron chi connectivity index (χ2n) is 4.62. The first-order valence-electron chi connectivity index (χ1n) is 5.91. The minimum atomic E-state index is -1.15. The number of benzene rings is 1. The molecular formula is C13H17ClN2O3. The molecule has 1 rings (SSSR count). The number of carbonyl (C=O) groups is 2. The van der Waals surface area contributed by atoms with Crippen LogP contribution in [0.2, 0.25) is 5.02 Å². The molecule has 0 aliphatic carbocycles. The zero-order valence-electron chi connectivity index (χ0n) is 10.9. The average Bonchev–Trinajstić information content (AvgIpc) is 2.31. The number of amides is 1. The van der Waals surface area contributed by atoms with E-state index in [0.29, 0.717) is 12.1 Å². The first-order chi connectivity index (χ1) is 8.77. The Kier molecular flexibility index (Phi) is 4.91. The molecule has 1 amide bonds. The lowest BCUT2D eigenvalue weighted by molar-refractivity contribution is -0.120. The van der Waals surface area contributed by atoms with Crippen LogP contribution in [-0.2, 0) is 4.79 Å². The summed E-state index contributed by atoms with van der Waals surface area (Å²) in [5.74, 6) is -1.50. The predicted molar refractivity (Wildman–Crippen MR) is 74.5 cm³/mol. The van der Waals surface area contributed by atoms with Crippen LogP contribution in [0, 0.1) is 0 Å². The molecule has 1 atom stereocenters. The van der Waals surface area contributed by atoms with Crippen molar-refractivity contribution in [1.82, 2.24) is 0 Å². The standard InChI is InChI=1S/C13H17ClN2O3/c1-3-6-13(2,15)12(19)16-8-4-5-10(14)9(7-8)11(17)18/h4-5,7H,3,6,15H2,1-2H3,(H,16,19)(H,17,18). The molecule has 0 saturated heterocycles. The molecule has 0 aromatic heterocycles. The number of hydrogen-bond donors (Lipinski definition) is 3. The molecule has 19 heavy (non-hydrogen) atoms. The van der Waals surface area contributed by atoms with E-state index >= 15 is 0 Å². The molecule has 104 valence electrons. The Hall–Kier alpha value is -1.59. The maximum absolute atomic E-state index is 12.0. The van der Waals surface area contributed by atoms with Crippen LogP contribution in [0.25, 0.3) is 0 Å². The van der Waals surface area contributed by atoms with E-state index in [9.17, 15) is 9.59 Å². The number of hydrogen-bond acceptors (Lipinski definition) is 3. The minimum absolute atomic E-state index is 0.0614. The van der Waals surface area contributed by atoms with Gasteiger partial charge in [0.05, 0.1) is 16.1 Å². The third-order valence-corrected chi connectivity index (χ3v) is 3.07. The highest BCUT2D eigenvalue weighted by molar-refractivity contribution is 6.33. The SMILES string of the molecule is CCCC(C)(N)C(=O)Nc1ccc(Cl)c(C(=O)O)c1. The van der Waals surface area contributed by atoms with E-state index in [1.807, 2.05) is 6.92 Å². The molecule has 0 spiro atoms. The fourth-order valence-electron chi connectivity index (χ4n) is 1.67. The number of rotatable bonds is 5. The van der Waals surface area contributed by atoms with Crippen LogP contribution in [0.1, 0.15) is 37.0 Å². The maximum Gasteiger partial charge on any atom is 0.337 e. The van der Waals surface area contributed by atoms with Gasteiger partial charge in [-0.2, -0.15) is 0 Å². The lowest BCUT2D eigenvalue weighted by atomic mass is 9.96. The van der Waals surface area contributed by atoms with E-state index in [-0.39, 0.29) is 16.5 Å². The third-order valence-electron chi connectivity index (χ3n) is 2.74.